The van der Waals surface area contributed by atoms with Crippen LogP contribution in [0.5, 0.6) is 0 Å². The van der Waals surface area contributed by atoms with Gasteiger partial charge in [-0.2, -0.15) is 0 Å². The van der Waals surface area contributed by atoms with Crippen molar-refractivity contribution in [3.63, 3.8) is 0 Å². The first kappa shape index (κ1) is 9.38. The summed E-state index contributed by atoms with van der Waals surface area (Å²) in [7, 11) is 0. The number of halogens is 3. The zero-order chi connectivity index (χ0) is 9.35. The van der Waals surface area contributed by atoms with Crippen LogP contribution in [0.4, 0.5) is 8.78 Å². The summed E-state index contributed by atoms with van der Waals surface area (Å²) in [6.45, 7) is 0. The summed E-state index contributed by atoms with van der Waals surface area (Å²) in [5.41, 5.74) is -0.578. The average molecular weight is 195 g/mol. The standard InChI is InChI=1S/C7H5ClF2O2/c8-7(11,12)5-2-1-4(9)3-6(5)10/h1-3,11-12H. The van der Waals surface area contributed by atoms with E-state index in [0.717, 1.165) is 12.1 Å². The molecule has 0 unspecified atom stereocenters. The second-order valence-electron chi connectivity index (χ2n) is 2.21. The highest BCUT2D eigenvalue weighted by Crippen LogP contribution is 2.25. The van der Waals surface area contributed by atoms with E-state index in [2.05, 4.69) is 0 Å². The van der Waals surface area contributed by atoms with E-state index >= 15 is 0 Å². The lowest BCUT2D eigenvalue weighted by molar-refractivity contribution is -0.0925. The van der Waals surface area contributed by atoms with E-state index in [-0.39, 0.29) is 0 Å². The highest BCUT2D eigenvalue weighted by Gasteiger charge is 2.25. The molecule has 0 fully saturated rings. The molecule has 0 heterocycles. The predicted molar refractivity (Wildman–Crippen MR) is 38.3 cm³/mol. The Bertz CT molecular complexity index is 296. The van der Waals surface area contributed by atoms with Crippen molar-refractivity contribution in [3.05, 3.63) is 35.4 Å². The van der Waals surface area contributed by atoms with Crippen molar-refractivity contribution in [3.8, 4) is 0 Å². The molecule has 0 radical (unpaired) electrons. The maximum Gasteiger partial charge on any atom is 0.274 e. The maximum absolute atomic E-state index is 12.7. The van der Waals surface area contributed by atoms with Crippen LogP contribution in [-0.2, 0) is 5.25 Å². The number of rotatable bonds is 1. The van der Waals surface area contributed by atoms with E-state index in [0.29, 0.717) is 6.07 Å². The molecule has 66 valence electrons. The molecule has 5 heteroatoms. The van der Waals surface area contributed by atoms with Crippen LogP contribution in [0.1, 0.15) is 5.56 Å². The van der Waals surface area contributed by atoms with Gasteiger partial charge in [-0.3, -0.25) is 0 Å². The van der Waals surface area contributed by atoms with Crippen LogP contribution in [0.15, 0.2) is 18.2 Å². The molecule has 0 bridgehead atoms. The van der Waals surface area contributed by atoms with Gasteiger partial charge in [0.25, 0.3) is 5.25 Å². The average Bonchev–Trinajstić information content (AvgIpc) is 1.83. The molecule has 2 N–H and O–H groups in total. The molecule has 0 aliphatic carbocycles. The normalized spacial score (nSPS) is 11.8. The lowest BCUT2D eigenvalue weighted by Crippen LogP contribution is -2.18. The molecule has 0 amide bonds. The summed E-state index contributed by atoms with van der Waals surface area (Å²) in [4.78, 5) is 0. The van der Waals surface area contributed by atoms with Gasteiger partial charge < -0.3 is 10.2 Å². The molecule has 12 heavy (non-hydrogen) atoms. The van der Waals surface area contributed by atoms with Crippen molar-refractivity contribution in [1.82, 2.24) is 0 Å². The molecular formula is C7H5ClF2O2. The Balaban J connectivity index is 3.19. The number of hydrogen-bond acceptors (Lipinski definition) is 2. The van der Waals surface area contributed by atoms with Gasteiger partial charge in [-0.1, -0.05) is 11.6 Å². The SMILES string of the molecule is OC(O)(Cl)c1ccc(F)cc1F. The third-order valence-corrected chi connectivity index (χ3v) is 1.48. The molecule has 0 spiro atoms. The summed E-state index contributed by atoms with van der Waals surface area (Å²) in [6, 6.07) is 2.25. The minimum Gasteiger partial charge on any atom is -0.350 e. The van der Waals surface area contributed by atoms with Gasteiger partial charge in [0.1, 0.15) is 11.6 Å². The topological polar surface area (TPSA) is 40.5 Å². The first-order valence-electron chi connectivity index (χ1n) is 3.00. The van der Waals surface area contributed by atoms with Crippen LogP contribution >= 0.6 is 11.6 Å². The van der Waals surface area contributed by atoms with Crippen molar-refractivity contribution < 1.29 is 19.0 Å². The Morgan fingerprint density at radius 3 is 2.25 bits per heavy atom. The highest BCUT2D eigenvalue weighted by molar-refractivity contribution is 6.21. The number of benzene rings is 1. The van der Waals surface area contributed by atoms with Crippen LogP contribution in [0, 0.1) is 11.6 Å². The fourth-order valence-electron chi connectivity index (χ4n) is 0.747. The van der Waals surface area contributed by atoms with Crippen LogP contribution < -0.4 is 0 Å². The molecule has 0 saturated heterocycles. The molecule has 2 nitrogen and oxygen atoms in total. The van der Waals surface area contributed by atoms with Crippen molar-refractivity contribution in [1.29, 1.82) is 0 Å². The molecule has 1 rings (SSSR count). The van der Waals surface area contributed by atoms with Gasteiger partial charge in [-0.15, -0.1) is 0 Å². The summed E-state index contributed by atoms with van der Waals surface area (Å²) in [5.74, 6) is -1.91. The van der Waals surface area contributed by atoms with Crippen molar-refractivity contribution >= 4 is 11.6 Å². The summed E-state index contributed by atoms with van der Waals surface area (Å²) >= 11 is 4.96. The van der Waals surface area contributed by atoms with Crippen molar-refractivity contribution in [2.45, 2.75) is 5.25 Å². The molecule has 0 aromatic heterocycles. The second kappa shape index (κ2) is 2.97. The molecule has 0 saturated carbocycles. The van der Waals surface area contributed by atoms with Crippen LogP contribution in [0.25, 0.3) is 0 Å². The van der Waals surface area contributed by atoms with E-state index in [9.17, 15) is 8.78 Å². The number of alkyl halides is 1. The van der Waals surface area contributed by atoms with Gasteiger partial charge in [0.05, 0.1) is 5.56 Å². The monoisotopic (exact) mass is 194 g/mol. The highest BCUT2D eigenvalue weighted by atomic mass is 35.5. The number of aliphatic hydroxyl groups is 2. The Morgan fingerprint density at radius 1 is 1.25 bits per heavy atom. The molecular weight excluding hydrogens is 190 g/mol. The van der Waals surface area contributed by atoms with Crippen molar-refractivity contribution in [2.24, 2.45) is 0 Å². The Kier molecular flexibility index (Phi) is 2.32. The van der Waals surface area contributed by atoms with E-state index < -0.39 is 22.4 Å². The summed E-state index contributed by atoms with van der Waals surface area (Å²) in [6.07, 6.45) is 0. The Morgan fingerprint density at radius 2 is 1.83 bits per heavy atom. The molecule has 1 aromatic rings. The third kappa shape index (κ3) is 1.91. The van der Waals surface area contributed by atoms with Crippen LogP contribution in [0.2, 0.25) is 0 Å². The lowest BCUT2D eigenvalue weighted by atomic mass is 10.2. The van der Waals surface area contributed by atoms with E-state index in [1.54, 1.807) is 0 Å². The van der Waals surface area contributed by atoms with E-state index in [1.807, 2.05) is 0 Å². The largest absolute Gasteiger partial charge is 0.350 e. The van der Waals surface area contributed by atoms with Gasteiger partial charge >= 0.3 is 0 Å². The van der Waals surface area contributed by atoms with Gasteiger partial charge in [0.15, 0.2) is 0 Å². The maximum atomic E-state index is 12.7. The summed E-state index contributed by atoms with van der Waals surface area (Å²) in [5, 5.41) is 14.6. The first-order chi connectivity index (χ1) is 5.41. The van der Waals surface area contributed by atoms with E-state index in [1.165, 1.54) is 0 Å². The van der Waals surface area contributed by atoms with Crippen LogP contribution in [-0.4, -0.2) is 10.2 Å². The van der Waals surface area contributed by atoms with Crippen LogP contribution in [0.3, 0.4) is 0 Å². The second-order valence-corrected chi connectivity index (χ2v) is 2.74. The molecule has 1 aromatic carbocycles. The van der Waals surface area contributed by atoms with Crippen molar-refractivity contribution in [2.75, 3.05) is 0 Å². The van der Waals surface area contributed by atoms with Gasteiger partial charge in [-0.25, -0.2) is 8.78 Å². The van der Waals surface area contributed by atoms with Gasteiger partial charge in [-0.05, 0) is 12.1 Å². The zero-order valence-corrected chi connectivity index (χ0v) is 6.52. The summed E-state index contributed by atoms with van der Waals surface area (Å²) < 4.78 is 25.0. The predicted octanol–water partition coefficient (Wildman–Crippen LogP) is 1.30. The van der Waals surface area contributed by atoms with E-state index in [4.69, 9.17) is 21.8 Å². The third-order valence-electron chi connectivity index (χ3n) is 1.27. The quantitative estimate of drug-likeness (QED) is 0.523. The molecule has 0 aliphatic heterocycles. The number of hydrogen-bond donors (Lipinski definition) is 2. The smallest absolute Gasteiger partial charge is 0.274 e. The lowest BCUT2D eigenvalue weighted by Gasteiger charge is -2.13. The van der Waals surface area contributed by atoms with Gasteiger partial charge in [0, 0.05) is 6.07 Å². The Labute approximate surface area is 72.0 Å². The Hall–Kier alpha value is -0.710. The minimum absolute atomic E-state index is 0.513. The van der Waals surface area contributed by atoms with Gasteiger partial charge in [0.2, 0.25) is 0 Å². The minimum atomic E-state index is -2.79. The fraction of sp³-hybridized carbons (Fsp3) is 0.143. The molecule has 0 atom stereocenters. The first-order valence-corrected chi connectivity index (χ1v) is 3.38. The zero-order valence-electron chi connectivity index (χ0n) is 5.76. The fourth-order valence-corrected chi connectivity index (χ4v) is 0.901. The molecule has 0 aliphatic rings.